The van der Waals surface area contributed by atoms with Gasteiger partial charge in [-0.25, -0.2) is 0 Å². The van der Waals surface area contributed by atoms with Crippen molar-refractivity contribution in [3.8, 4) is 0 Å². The lowest BCUT2D eigenvalue weighted by molar-refractivity contribution is 0.384. The van der Waals surface area contributed by atoms with E-state index in [2.05, 4.69) is 45.3 Å². The Balaban J connectivity index is 2.01. The SMILES string of the molecule is CC(CNC(C)(C)C)NCC1CC1C. The Bertz CT molecular complexity index is 172. The Hall–Kier alpha value is -0.0800. The van der Waals surface area contributed by atoms with Gasteiger partial charge in [0.25, 0.3) is 0 Å². The molecule has 1 aliphatic carbocycles. The van der Waals surface area contributed by atoms with Crippen LogP contribution >= 0.6 is 0 Å². The van der Waals surface area contributed by atoms with Gasteiger partial charge in [0.1, 0.15) is 0 Å². The lowest BCUT2D eigenvalue weighted by atomic mass is 10.1. The molecular formula is C12H26N2. The van der Waals surface area contributed by atoms with Crippen LogP contribution in [-0.2, 0) is 0 Å². The van der Waals surface area contributed by atoms with Crippen molar-refractivity contribution in [2.75, 3.05) is 13.1 Å². The summed E-state index contributed by atoms with van der Waals surface area (Å²) in [6.07, 6.45) is 1.42. The first-order chi connectivity index (χ1) is 6.38. The van der Waals surface area contributed by atoms with E-state index in [-0.39, 0.29) is 5.54 Å². The monoisotopic (exact) mass is 198 g/mol. The summed E-state index contributed by atoms with van der Waals surface area (Å²) >= 11 is 0. The van der Waals surface area contributed by atoms with Gasteiger partial charge in [-0.1, -0.05) is 6.92 Å². The zero-order chi connectivity index (χ0) is 10.8. The average Bonchev–Trinajstić information content (AvgIpc) is 2.73. The molecule has 0 spiro atoms. The van der Waals surface area contributed by atoms with Gasteiger partial charge in [0, 0.05) is 18.1 Å². The third-order valence-corrected chi connectivity index (χ3v) is 2.94. The molecule has 3 atom stereocenters. The van der Waals surface area contributed by atoms with Gasteiger partial charge < -0.3 is 10.6 Å². The Kier molecular flexibility index (Phi) is 3.96. The Morgan fingerprint density at radius 1 is 1.36 bits per heavy atom. The quantitative estimate of drug-likeness (QED) is 0.706. The van der Waals surface area contributed by atoms with Gasteiger partial charge in [-0.15, -0.1) is 0 Å². The Labute approximate surface area is 88.8 Å². The third-order valence-electron chi connectivity index (χ3n) is 2.94. The maximum atomic E-state index is 3.59. The van der Waals surface area contributed by atoms with Crippen LogP contribution < -0.4 is 10.6 Å². The van der Waals surface area contributed by atoms with Crippen LogP contribution in [0.25, 0.3) is 0 Å². The lowest BCUT2D eigenvalue weighted by Crippen LogP contribution is -2.45. The molecule has 0 aromatic carbocycles. The molecule has 14 heavy (non-hydrogen) atoms. The molecule has 2 N–H and O–H groups in total. The van der Waals surface area contributed by atoms with Crippen molar-refractivity contribution < 1.29 is 0 Å². The van der Waals surface area contributed by atoms with Crippen molar-refractivity contribution in [3.05, 3.63) is 0 Å². The molecule has 1 saturated carbocycles. The van der Waals surface area contributed by atoms with Crippen LogP contribution in [0.15, 0.2) is 0 Å². The standard InChI is InChI=1S/C12H26N2/c1-9-6-11(9)8-13-10(2)7-14-12(3,4)5/h9-11,13-14H,6-8H2,1-5H3. The highest BCUT2D eigenvalue weighted by molar-refractivity contribution is 4.85. The zero-order valence-corrected chi connectivity index (χ0v) is 10.4. The summed E-state index contributed by atoms with van der Waals surface area (Å²) in [5, 5.41) is 7.10. The minimum Gasteiger partial charge on any atom is -0.313 e. The normalized spacial score (nSPS) is 28.9. The summed E-state index contributed by atoms with van der Waals surface area (Å²) in [4.78, 5) is 0. The van der Waals surface area contributed by atoms with E-state index < -0.39 is 0 Å². The second-order valence-corrected chi connectivity index (χ2v) is 5.91. The summed E-state index contributed by atoms with van der Waals surface area (Å²) in [6.45, 7) is 13.5. The van der Waals surface area contributed by atoms with Gasteiger partial charge in [-0.2, -0.15) is 0 Å². The van der Waals surface area contributed by atoms with Crippen LogP contribution in [-0.4, -0.2) is 24.7 Å². The zero-order valence-electron chi connectivity index (χ0n) is 10.4. The maximum Gasteiger partial charge on any atom is 0.0164 e. The van der Waals surface area contributed by atoms with Crippen molar-refractivity contribution in [1.82, 2.24) is 10.6 Å². The minimum atomic E-state index is 0.239. The molecule has 0 aromatic rings. The highest BCUT2D eigenvalue weighted by Gasteiger charge is 2.31. The van der Waals surface area contributed by atoms with E-state index in [0.29, 0.717) is 6.04 Å². The molecule has 2 nitrogen and oxygen atoms in total. The summed E-state index contributed by atoms with van der Waals surface area (Å²) in [6, 6.07) is 0.585. The first kappa shape index (κ1) is 12.0. The van der Waals surface area contributed by atoms with E-state index in [1.807, 2.05) is 0 Å². The predicted octanol–water partition coefficient (Wildman–Crippen LogP) is 2.01. The van der Waals surface area contributed by atoms with Crippen molar-refractivity contribution >= 4 is 0 Å². The van der Waals surface area contributed by atoms with Crippen LogP contribution in [0.2, 0.25) is 0 Å². The second kappa shape index (κ2) is 4.63. The fourth-order valence-electron chi connectivity index (χ4n) is 1.57. The topological polar surface area (TPSA) is 24.1 Å². The van der Waals surface area contributed by atoms with Crippen molar-refractivity contribution in [1.29, 1.82) is 0 Å². The Morgan fingerprint density at radius 2 is 1.93 bits per heavy atom. The highest BCUT2D eigenvalue weighted by Crippen LogP contribution is 2.36. The smallest absolute Gasteiger partial charge is 0.0164 e. The molecule has 3 unspecified atom stereocenters. The third kappa shape index (κ3) is 4.97. The van der Waals surface area contributed by atoms with Crippen LogP contribution in [0, 0.1) is 11.8 Å². The van der Waals surface area contributed by atoms with Gasteiger partial charge in [-0.3, -0.25) is 0 Å². The van der Waals surface area contributed by atoms with Crippen LogP contribution in [0.4, 0.5) is 0 Å². The average molecular weight is 198 g/mol. The molecule has 0 aromatic heterocycles. The summed E-state index contributed by atoms with van der Waals surface area (Å²) < 4.78 is 0. The number of nitrogens with one attached hydrogen (secondary N) is 2. The first-order valence-corrected chi connectivity index (χ1v) is 5.87. The predicted molar refractivity (Wildman–Crippen MR) is 62.5 cm³/mol. The molecule has 0 aliphatic heterocycles. The molecule has 0 heterocycles. The molecule has 0 bridgehead atoms. The fourth-order valence-corrected chi connectivity index (χ4v) is 1.57. The van der Waals surface area contributed by atoms with Crippen LogP contribution in [0.3, 0.4) is 0 Å². The summed E-state index contributed by atoms with van der Waals surface area (Å²) in [5.74, 6) is 1.91. The molecule has 1 aliphatic rings. The Morgan fingerprint density at radius 3 is 2.36 bits per heavy atom. The molecule has 84 valence electrons. The van der Waals surface area contributed by atoms with Crippen molar-refractivity contribution in [2.45, 2.75) is 52.6 Å². The fraction of sp³-hybridized carbons (Fsp3) is 1.00. The molecule has 2 heteroatoms. The number of rotatable bonds is 5. The van der Waals surface area contributed by atoms with Gasteiger partial charge in [-0.05, 0) is 52.5 Å². The van der Waals surface area contributed by atoms with E-state index in [9.17, 15) is 0 Å². The molecule has 1 rings (SSSR count). The van der Waals surface area contributed by atoms with Crippen LogP contribution in [0.5, 0.6) is 0 Å². The number of hydrogen-bond acceptors (Lipinski definition) is 2. The molecule has 0 radical (unpaired) electrons. The van der Waals surface area contributed by atoms with E-state index >= 15 is 0 Å². The minimum absolute atomic E-state index is 0.239. The van der Waals surface area contributed by atoms with E-state index in [1.54, 1.807) is 0 Å². The van der Waals surface area contributed by atoms with Crippen LogP contribution in [0.1, 0.15) is 41.0 Å². The molecule has 0 amide bonds. The van der Waals surface area contributed by atoms with Crippen molar-refractivity contribution in [2.24, 2.45) is 11.8 Å². The molecule has 0 saturated heterocycles. The van der Waals surface area contributed by atoms with E-state index in [0.717, 1.165) is 18.4 Å². The van der Waals surface area contributed by atoms with Gasteiger partial charge in [0.2, 0.25) is 0 Å². The van der Waals surface area contributed by atoms with Gasteiger partial charge in [0.15, 0.2) is 0 Å². The molecular weight excluding hydrogens is 172 g/mol. The van der Waals surface area contributed by atoms with Crippen molar-refractivity contribution in [3.63, 3.8) is 0 Å². The highest BCUT2D eigenvalue weighted by atomic mass is 15.0. The van der Waals surface area contributed by atoms with Gasteiger partial charge >= 0.3 is 0 Å². The second-order valence-electron chi connectivity index (χ2n) is 5.91. The van der Waals surface area contributed by atoms with E-state index in [4.69, 9.17) is 0 Å². The first-order valence-electron chi connectivity index (χ1n) is 5.87. The lowest BCUT2D eigenvalue weighted by Gasteiger charge is -2.24. The maximum absolute atomic E-state index is 3.59. The molecule has 1 fully saturated rings. The largest absolute Gasteiger partial charge is 0.313 e. The summed E-state index contributed by atoms with van der Waals surface area (Å²) in [5.41, 5.74) is 0.239. The summed E-state index contributed by atoms with van der Waals surface area (Å²) in [7, 11) is 0. The van der Waals surface area contributed by atoms with Gasteiger partial charge in [0.05, 0.1) is 0 Å². The van der Waals surface area contributed by atoms with E-state index in [1.165, 1.54) is 13.0 Å². The number of hydrogen-bond donors (Lipinski definition) is 2.